The first kappa shape index (κ1) is 21.9. The molecule has 28 heavy (non-hydrogen) atoms. The number of sulfonamides is 1. The molecule has 3 rings (SSSR count). The Balaban J connectivity index is 1.63. The third-order valence-corrected chi connectivity index (χ3v) is 9.18. The molecule has 0 bridgehead atoms. The van der Waals surface area contributed by atoms with E-state index >= 15 is 0 Å². The molecule has 5 nitrogen and oxygen atoms in total. The van der Waals surface area contributed by atoms with Gasteiger partial charge in [-0.3, -0.25) is 4.79 Å². The lowest BCUT2D eigenvalue weighted by molar-refractivity contribution is 0.0956. The van der Waals surface area contributed by atoms with Crippen molar-refractivity contribution < 1.29 is 13.2 Å². The zero-order chi connectivity index (χ0) is 20.0. The molecule has 0 unspecified atom stereocenters. The molecule has 1 aliphatic heterocycles. The van der Waals surface area contributed by atoms with E-state index in [1.54, 1.807) is 6.07 Å². The van der Waals surface area contributed by atoms with Crippen molar-refractivity contribution in [2.75, 3.05) is 25.4 Å². The molecular formula is C20H29ClN2O3S2. The van der Waals surface area contributed by atoms with Gasteiger partial charge in [0.2, 0.25) is 10.0 Å². The maximum absolute atomic E-state index is 13.0. The zero-order valence-corrected chi connectivity index (χ0v) is 18.6. The molecule has 156 valence electrons. The summed E-state index contributed by atoms with van der Waals surface area (Å²) in [5, 5.41) is 3.78. The van der Waals surface area contributed by atoms with E-state index < -0.39 is 10.0 Å². The minimum absolute atomic E-state index is 0.0315. The maximum atomic E-state index is 13.0. The Labute approximate surface area is 177 Å². The Morgan fingerprint density at radius 3 is 2.46 bits per heavy atom. The second kappa shape index (κ2) is 10.3. The maximum Gasteiger partial charge on any atom is 0.251 e. The van der Waals surface area contributed by atoms with Gasteiger partial charge >= 0.3 is 0 Å². The molecule has 1 aliphatic carbocycles. The van der Waals surface area contributed by atoms with Crippen molar-refractivity contribution in [3.05, 3.63) is 28.8 Å². The van der Waals surface area contributed by atoms with E-state index in [2.05, 4.69) is 5.32 Å². The first-order valence-electron chi connectivity index (χ1n) is 10.2. The summed E-state index contributed by atoms with van der Waals surface area (Å²) in [6.45, 7) is 1.60. The van der Waals surface area contributed by atoms with Gasteiger partial charge in [-0.15, -0.1) is 0 Å². The first-order chi connectivity index (χ1) is 13.5. The van der Waals surface area contributed by atoms with Crippen molar-refractivity contribution in [2.45, 2.75) is 61.5 Å². The monoisotopic (exact) mass is 444 g/mol. The fourth-order valence-electron chi connectivity index (χ4n) is 3.81. The normalized spacial score (nSPS) is 19.5. The molecule has 1 saturated carbocycles. The Kier molecular flexibility index (Phi) is 8.09. The summed E-state index contributed by atoms with van der Waals surface area (Å²) in [4.78, 5) is 12.5. The lowest BCUT2D eigenvalue weighted by atomic mass is 10.2. The van der Waals surface area contributed by atoms with Gasteiger partial charge in [-0.05, 0) is 43.9 Å². The van der Waals surface area contributed by atoms with Gasteiger partial charge in [0.1, 0.15) is 4.90 Å². The largest absolute Gasteiger partial charge is 0.351 e. The third-order valence-electron chi connectivity index (χ3n) is 5.42. The van der Waals surface area contributed by atoms with E-state index in [-0.39, 0.29) is 15.8 Å². The molecule has 1 aromatic rings. The van der Waals surface area contributed by atoms with E-state index in [9.17, 15) is 13.2 Å². The third kappa shape index (κ3) is 5.65. The molecular weight excluding hydrogens is 416 g/mol. The lowest BCUT2D eigenvalue weighted by Crippen LogP contribution is -2.32. The number of amides is 1. The highest BCUT2D eigenvalue weighted by atomic mass is 35.5. The van der Waals surface area contributed by atoms with Crippen molar-refractivity contribution >= 4 is 39.3 Å². The van der Waals surface area contributed by atoms with Crippen molar-refractivity contribution in [1.29, 1.82) is 0 Å². The van der Waals surface area contributed by atoms with E-state index in [1.165, 1.54) is 42.1 Å². The second-order valence-electron chi connectivity index (χ2n) is 7.50. The van der Waals surface area contributed by atoms with Crippen LogP contribution in [0.2, 0.25) is 5.02 Å². The van der Waals surface area contributed by atoms with E-state index in [0.29, 0.717) is 25.2 Å². The number of carbonyl (C=O) groups is 1. The lowest BCUT2D eigenvalue weighted by Gasteiger charge is -2.21. The topological polar surface area (TPSA) is 66.5 Å². The number of nitrogens with one attached hydrogen (secondary N) is 1. The Morgan fingerprint density at radius 2 is 1.79 bits per heavy atom. The Morgan fingerprint density at radius 1 is 1.11 bits per heavy atom. The van der Waals surface area contributed by atoms with Gasteiger partial charge in [0.15, 0.2) is 0 Å². The summed E-state index contributed by atoms with van der Waals surface area (Å²) < 4.78 is 27.6. The summed E-state index contributed by atoms with van der Waals surface area (Å²) in [6, 6.07) is 4.51. The van der Waals surface area contributed by atoms with Gasteiger partial charge in [-0.25, -0.2) is 8.42 Å². The van der Waals surface area contributed by atoms with Crippen molar-refractivity contribution in [3.8, 4) is 0 Å². The van der Waals surface area contributed by atoms with Crippen LogP contribution in [0.1, 0.15) is 61.7 Å². The SMILES string of the molecule is O=C(NCCSC1CCCC1)c1ccc(Cl)c(S(=O)(=O)N2CCCCCC2)c1. The van der Waals surface area contributed by atoms with Crippen LogP contribution in [0, 0.1) is 0 Å². The molecule has 0 spiro atoms. The van der Waals surface area contributed by atoms with Crippen LogP contribution in [-0.2, 0) is 10.0 Å². The molecule has 1 N–H and O–H groups in total. The van der Waals surface area contributed by atoms with Crippen molar-refractivity contribution in [2.24, 2.45) is 0 Å². The second-order valence-corrected chi connectivity index (χ2v) is 11.2. The van der Waals surface area contributed by atoms with Crippen LogP contribution in [0.5, 0.6) is 0 Å². The predicted molar refractivity (Wildman–Crippen MR) is 116 cm³/mol. The number of thioether (sulfide) groups is 1. The van der Waals surface area contributed by atoms with Gasteiger partial charge in [0.25, 0.3) is 5.91 Å². The Hall–Kier alpha value is -0.760. The molecule has 0 aromatic heterocycles. The highest BCUT2D eigenvalue weighted by Gasteiger charge is 2.28. The van der Waals surface area contributed by atoms with Gasteiger partial charge < -0.3 is 5.32 Å². The molecule has 2 fully saturated rings. The summed E-state index contributed by atoms with van der Waals surface area (Å²) in [6.07, 6.45) is 8.96. The Bertz CT molecular complexity index is 772. The standard InChI is InChI=1S/C20H29ClN2O3S2/c21-18-10-9-16(20(24)22-11-14-27-17-7-3-4-8-17)15-19(18)28(25,26)23-12-5-1-2-6-13-23/h9-10,15,17H,1-8,11-14H2,(H,22,24). The van der Waals surface area contributed by atoms with Crippen LogP contribution >= 0.6 is 23.4 Å². The average molecular weight is 445 g/mol. The highest BCUT2D eigenvalue weighted by molar-refractivity contribution is 7.99. The molecule has 8 heteroatoms. The number of halogens is 1. The van der Waals surface area contributed by atoms with Gasteiger partial charge in [-0.1, -0.05) is 37.3 Å². The quantitative estimate of drug-likeness (QED) is 0.636. The summed E-state index contributed by atoms with van der Waals surface area (Å²) in [5.74, 6) is 0.624. The molecule has 2 aliphatic rings. The smallest absolute Gasteiger partial charge is 0.251 e. The van der Waals surface area contributed by atoms with Crippen LogP contribution < -0.4 is 5.32 Å². The van der Waals surface area contributed by atoms with Crippen LogP contribution in [0.3, 0.4) is 0 Å². The molecule has 0 radical (unpaired) electrons. The molecule has 1 amide bonds. The van der Waals surface area contributed by atoms with Gasteiger partial charge in [0.05, 0.1) is 5.02 Å². The molecule has 1 heterocycles. The van der Waals surface area contributed by atoms with Crippen molar-refractivity contribution in [1.82, 2.24) is 9.62 Å². The summed E-state index contributed by atoms with van der Waals surface area (Å²) in [7, 11) is -3.69. The number of hydrogen-bond donors (Lipinski definition) is 1. The molecule has 1 saturated heterocycles. The zero-order valence-electron chi connectivity index (χ0n) is 16.2. The van der Waals surface area contributed by atoms with E-state index in [4.69, 9.17) is 11.6 Å². The highest BCUT2D eigenvalue weighted by Crippen LogP contribution is 2.29. The summed E-state index contributed by atoms with van der Waals surface area (Å²) >= 11 is 8.12. The van der Waals surface area contributed by atoms with Crippen LogP contribution in [0.15, 0.2) is 23.1 Å². The number of benzene rings is 1. The first-order valence-corrected chi connectivity index (χ1v) is 13.0. The van der Waals surface area contributed by atoms with E-state index in [1.807, 2.05) is 11.8 Å². The minimum atomic E-state index is -3.69. The fraction of sp³-hybridized carbons (Fsp3) is 0.650. The number of nitrogens with zero attached hydrogens (tertiary/aromatic N) is 1. The molecule has 1 aromatic carbocycles. The van der Waals surface area contributed by atoms with Crippen LogP contribution in [0.4, 0.5) is 0 Å². The van der Waals surface area contributed by atoms with Crippen LogP contribution in [0.25, 0.3) is 0 Å². The summed E-state index contributed by atoms with van der Waals surface area (Å²) in [5.41, 5.74) is 0.337. The van der Waals surface area contributed by atoms with Crippen LogP contribution in [-0.4, -0.2) is 49.3 Å². The minimum Gasteiger partial charge on any atom is -0.351 e. The van der Waals surface area contributed by atoms with Crippen molar-refractivity contribution in [3.63, 3.8) is 0 Å². The average Bonchev–Trinajstić information content (AvgIpc) is 3.04. The molecule has 0 atom stereocenters. The van der Waals surface area contributed by atoms with Gasteiger partial charge in [0, 0.05) is 36.2 Å². The number of hydrogen-bond acceptors (Lipinski definition) is 4. The predicted octanol–water partition coefficient (Wildman–Crippen LogP) is 4.31. The fourth-order valence-corrected chi connectivity index (χ4v) is 7.05. The van der Waals surface area contributed by atoms with E-state index in [0.717, 1.165) is 36.7 Å². The number of rotatable bonds is 7. The van der Waals surface area contributed by atoms with Gasteiger partial charge in [-0.2, -0.15) is 16.1 Å². The number of carbonyl (C=O) groups excluding carboxylic acids is 1.